The van der Waals surface area contributed by atoms with Crippen molar-refractivity contribution in [1.29, 1.82) is 0 Å². The number of aliphatic imine (C=N–C) groups is 1. The van der Waals surface area contributed by atoms with Crippen LogP contribution >= 0.6 is 11.3 Å². The fourth-order valence-corrected chi connectivity index (χ4v) is 4.32. The molecular weight excluding hydrogens is 400 g/mol. The van der Waals surface area contributed by atoms with Crippen LogP contribution in [0.2, 0.25) is 0 Å². The van der Waals surface area contributed by atoms with Crippen molar-refractivity contribution in [3.8, 4) is 10.4 Å². The quantitative estimate of drug-likeness (QED) is 0.358. The summed E-state index contributed by atoms with van der Waals surface area (Å²) in [5.41, 5.74) is 12.9. The zero-order chi connectivity index (χ0) is 20.8. The van der Waals surface area contributed by atoms with Crippen molar-refractivity contribution in [3.05, 3.63) is 58.8 Å². The van der Waals surface area contributed by atoms with Crippen LogP contribution < -0.4 is 11.2 Å². The number of nitrogens with one attached hydrogen (secondary N) is 1. The van der Waals surface area contributed by atoms with Crippen molar-refractivity contribution in [1.82, 2.24) is 15.5 Å². The molecule has 4 rings (SSSR count). The van der Waals surface area contributed by atoms with E-state index in [1.54, 1.807) is 30.8 Å². The average molecular weight is 425 g/mol. The minimum Gasteiger partial charge on any atom is -0.397 e. The number of ether oxygens (including phenoxy) is 1. The van der Waals surface area contributed by atoms with Crippen molar-refractivity contribution in [2.75, 3.05) is 39.1 Å². The highest BCUT2D eigenvalue weighted by Gasteiger charge is 2.22. The molecule has 30 heavy (non-hydrogen) atoms. The van der Waals surface area contributed by atoms with Crippen LogP contribution in [0.3, 0.4) is 0 Å². The topological polar surface area (TPSA) is 101 Å². The van der Waals surface area contributed by atoms with E-state index in [0.29, 0.717) is 25.4 Å². The summed E-state index contributed by atoms with van der Waals surface area (Å²) in [5.74, 6) is 0.892. The number of nitrogen functional groups attached to an aromatic ring is 1. The van der Waals surface area contributed by atoms with Gasteiger partial charge >= 0.3 is 0 Å². The lowest BCUT2D eigenvalue weighted by Crippen LogP contribution is -2.41. The van der Waals surface area contributed by atoms with E-state index in [2.05, 4.69) is 26.7 Å². The summed E-state index contributed by atoms with van der Waals surface area (Å²) >= 11 is 1.60. The number of morpholine rings is 1. The first-order valence-electron chi connectivity index (χ1n) is 9.70. The molecule has 1 aliphatic rings. The number of rotatable bonds is 6. The summed E-state index contributed by atoms with van der Waals surface area (Å²) < 4.78 is 10.5. The normalized spacial score (nSPS) is 15.1. The van der Waals surface area contributed by atoms with Crippen LogP contribution in [0.25, 0.3) is 10.4 Å². The summed E-state index contributed by atoms with van der Waals surface area (Å²) in [6.07, 6.45) is 5.12. The van der Waals surface area contributed by atoms with Crippen LogP contribution in [0, 0.1) is 0 Å². The molecule has 0 unspecified atom stereocenters. The molecule has 1 aliphatic heterocycles. The third-order valence-corrected chi connectivity index (χ3v) is 5.97. The number of nitrogens with zero attached hydrogens (tertiary/aromatic N) is 4. The van der Waals surface area contributed by atoms with Crippen molar-refractivity contribution in [2.45, 2.75) is 6.54 Å². The lowest BCUT2D eigenvalue weighted by Gasteiger charge is -2.29. The second-order valence-corrected chi connectivity index (χ2v) is 7.78. The summed E-state index contributed by atoms with van der Waals surface area (Å²) in [4.78, 5) is 9.21. The molecule has 0 radical (unpaired) electrons. The third kappa shape index (κ3) is 4.52. The van der Waals surface area contributed by atoms with Gasteiger partial charge in [-0.25, -0.2) is 0 Å². The highest BCUT2D eigenvalue weighted by atomic mass is 32.1. The van der Waals surface area contributed by atoms with E-state index in [-0.39, 0.29) is 0 Å². The molecule has 1 aromatic carbocycles. The van der Waals surface area contributed by atoms with Crippen LogP contribution in [0.1, 0.15) is 16.0 Å². The lowest BCUT2D eigenvalue weighted by atomic mass is 10.1. The number of amidine groups is 1. The minimum absolute atomic E-state index is 0.526. The molecular formula is C21H24N6O2S. The Bertz CT molecular complexity index is 1020. The first-order chi connectivity index (χ1) is 14.8. The molecule has 3 heterocycles. The van der Waals surface area contributed by atoms with Gasteiger partial charge in [-0.05, 0) is 17.2 Å². The van der Waals surface area contributed by atoms with Crippen LogP contribution in [0.5, 0.6) is 0 Å². The fourth-order valence-electron chi connectivity index (χ4n) is 3.24. The van der Waals surface area contributed by atoms with Gasteiger partial charge in [-0.3, -0.25) is 4.99 Å². The Labute approximate surface area is 179 Å². The molecule has 1 saturated heterocycles. The second kappa shape index (κ2) is 9.55. The molecule has 1 fully saturated rings. The zero-order valence-electron chi connectivity index (χ0n) is 16.7. The first-order valence-corrected chi connectivity index (χ1v) is 10.5. The van der Waals surface area contributed by atoms with E-state index >= 15 is 0 Å². The molecule has 0 amide bonds. The molecule has 3 aromatic rings. The van der Waals surface area contributed by atoms with Gasteiger partial charge < -0.3 is 25.3 Å². The van der Waals surface area contributed by atoms with E-state index < -0.39 is 0 Å². The number of nitrogens with two attached hydrogens (primary N) is 1. The fraction of sp³-hybridized carbons (Fsp3) is 0.286. The van der Waals surface area contributed by atoms with Gasteiger partial charge in [0.2, 0.25) is 0 Å². The number of benzene rings is 1. The average Bonchev–Trinajstić information content (AvgIpc) is 3.44. The highest BCUT2D eigenvalue weighted by molar-refractivity contribution is 7.18. The summed E-state index contributed by atoms with van der Waals surface area (Å²) in [7, 11) is 1.78. The monoisotopic (exact) mass is 424 g/mol. The lowest BCUT2D eigenvalue weighted by molar-refractivity contribution is 0.0682. The SMILES string of the molecule is CN/N=C\c1ccccc1C/N=C(\c1sc(-c2cnoc2)cc1N)N1CCOCC1. The number of hydrogen-bond donors (Lipinski definition) is 2. The Kier molecular flexibility index (Phi) is 6.41. The Morgan fingerprint density at radius 3 is 2.93 bits per heavy atom. The summed E-state index contributed by atoms with van der Waals surface area (Å²) in [6, 6.07) is 10.1. The molecule has 0 spiro atoms. The predicted octanol–water partition coefficient (Wildman–Crippen LogP) is 2.82. The van der Waals surface area contributed by atoms with Crippen LogP contribution in [0.4, 0.5) is 5.69 Å². The maximum absolute atomic E-state index is 6.41. The number of hydrogen-bond acceptors (Lipinski definition) is 8. The van der Waals surface area contributed by atoms with Gasteiger partial charge in [0.25, 0.3) is 0 Å². The van der Waals surface area contributed by atoms with E-state index in [9.17, 15) is 0 Å². The van der Waals surface area contributed by atoms with Gasteiger partial charge in [-0.15, -0.1) is 11.3 Å². The second-order valence-electron chi connectivity index (χ2n) is 6.73. The molecule has 3 N–H and O–H groups in total. The molecule has 0 bridgehead atoms. The number of hydrazone groups is 1. The van der Waals surface area contributed by atoms with E-state index in [0.717, 1.165) is 45.4 Å². The Balaban J connectivity index is 1.69. The highest BCUT2D eigenvalue weighted by Crippen LogP contribution is 2.34. The Morgan fingerprint density at radius 2 is 2.17 bits per heavy atom. The molecule has 0 atom stereocenters. The first kappa shape index (κ1) is 20.1. The van der Waals surface area contributed by atoms with Crippen molar-refractivity contribution in [3.63, 3.8) is 0 Å². The van der Waals surface area contributed by atoms with Crippen LogP contribution in [-0.4, -0.2) is 55.5 Å². The minimum atomic E-state index is 0.526. The molecule has 9 heteroatoms. The van der Waals surface area contributed by atoms with Gasteiger partial charge in [0.15, 0.2) is 0 Å². The van der Waals surface area contributed by atoms with E-state index in [1.165, 1.54) is 0 Å². The van der Waals surface area contributed by atoms with Gasteiger partial charge in [-0.2, -0.15) is 5.10 Å². The van der Waals surface area contributed by atoms with Crippen molar-refractivity contribution < 1.29 is 9.26 Å². The van der Waals surface area contributed by atoms with Gasteiger partial charge in [-0.1, -0.05) is 29.4 Å². The largest absolute Gasteiger partial charge is 0.397 e. The smallest absolute Gasteiger partial charge is 0.143 e. The van der Waals surface area contributed by atoms with Gasteiger partial charge in [0.05, 0.1) is 48.3 Å². The summed E-state index contributed by atoms with van der Waals surface area (Å²) in [5, 5.41) is 7.94. The van der Waals surface area contributed by atoms with Crippen molar-refractivity contribution >= 4 is 29.1 Å². The van der Waals surface area contributed by atoms with Gasteiger partial charge in [0.1, 0.15) is 12.1 Å². The molecule has 0 aliphatic carbocycles. The predicted molar refractivity (Wildman–Crippen MR) is 120 cm³/mol. The molecule has 156 valence electrons. The maximum atomic E-state index is 6.41. The zero-order valence-corrected chi connectivity index (χ0v) is 17.6. The molecule has 0 saturated carbocycles. The van der Waals surface area contributed by atoms with E-state index in [4.69, 9.17) is 20.0 Å². The number of aromatic nitrogens is 1. The van der Waals surface area contributed by atoms with E-state index in [1.807, 2.05) is 30.5 Å². The maximum Gasteiger partial charge on any atom is 0.143 e. The van der Waals surface area contributed by atoms with Gasteiger partial charge in [0, 0.05) is 25.0 Å². The Morgan fingerprint density at radius 1 is 1.33 bits per heavy atom. The van der Waals surface area contributed by atoms with Crippen LogP contribution in [-0.2, 0) is 11.3 Å². The van der Waals surface area contributed by atoms with Crippen molar-refractivity contribution in [2.24, 2.45) is 10.1 Å². The Hall–Kier alpha value is -3.17. The number of thiophene rings is 1. The molecule has 8 nitrogen and oxygen atoms in total. The standard InChI is InChI=1S/C21H24N6O2S/c1-23-25-12-16-5-3-2-4-15(16)11-24-21(27-6-8-28-9-7-27)20-18(22)10-19(30-20)17-13-26-29-14-17/h2-5,10,12-14,23H,6-9,11,22H2,1H3/b24-21+,25-12-. The molecule has 2 aromatic heterocycles. The third-order valence-electron chi connectivity index (χ3n) is 4.78. The summed E-state index contributed by atoms with van der Waals surface area (Å²) in [6.45, 7) is 3.43. The number of anilines is 1. The van der Waals surface area contributed by atoms with Crippen LogP contribution in [0.15, 0.2) is 57.4 Å².